The molecule has 18 heavy (non-hydrogen) atoms. The minimum absolute atomic E-state index is 0.584. The van der Waals surface area contributed by atoms with Crippen LogP contribution < -0.4 is 10.1 Å². The molecule has 0 aliphatic heterocycles. The van der Waals surface area contributed by atoms with Crippen molar-refractivity contribution in [2.45, 2.75) is 32.1 Å². The smallest absolute Gasteiger partial charge is 0.123 e. The van der Waals surface area contributed by atoms with Crippen LogP contribution in [0.2, 0.25) is 0 Å². The summed E-state index contributed by atoms with van der Waals surface area (Å²) in [7, 11) is 2.78. The Morgan fingerprint density at radius 2 is 2.17 bits per heavy atom. The van der Waals surface area contributed by atoms with Crippen LogP contribution >= 0.6 is 0 Å². The van der Waals surface area contributed by atoms with Crippen LogP contribution in [0.15, 0.2) is 18.2 Å². The largest absolute Gasteiger partial charge is 0.496 e. The maximum absolute atomic E-state index is 11.9. The van der Waals surface area contributed by atoms with Crippen molar-refractivity contribution in [3.8, 4) is 5.75 Å². The van der Waals surface area contributed by atoms with E-state index in [1.165, 1.54) is 5.56 Å². The zero-order valence-electron chi connectivity index (χ0n) is 11.5. The Morgan fingerprint density at radius 1 is 1.39 bits per heavy atom. The summed E-state index contributed by atoms with van der Waals surface area (Å²) in [6, 6.07) is 6.08. The lowest BCUT2D eigenvalue weighted by Crippen LogP contribution is -2.07. The summed E-state index contributed by atoms with van der Waals surface area (Å²) in [5.41, 5.74) is 2.24. The van der Waals surface area contributed by atoms with Gasteiger partial charge in [-0.3, -0.25) is 4.21 Å². The molecule has 1 aromatic carbocycles. The lowest BCUT2D eigenvalue weighted by molar-refractivity contribution is 0.411. The maximum atomic E-state index is 11.9. The number of rotatable bonds is 8. The molecule has 1 rings (SSSR count). The lowest BCUT2D eigenvalue weighted by atomic mass is 10.1. The molecule has 0 saturated carbocycles. The third-order valence-electron chi connectivity index (χ3n) is 2.77. The Morgan fingerprint density at radius 3 is 2.78 bits per heavy atom. The molecule has 0 heterocycles. The van der Waals surface area contributed by atoms with E-state index in [0.29, 0.717) is 5.75 Å². The van der Waals surface area contributed by atoms with E-state index >= 15 is 0 Å². The highest BCUT2D eigenvalue weighted by atomic mass is 32.2. The fourth-order valence-corrected chi connectivity index (χ4v) is 3.14. The molecule has 1 N–H and O–H groups in total. The number of ether oxygens (including phenoxy) is 1. The monoisotopic (exact) mass is 269 g/mol. The van der Waals surface area contributed by atoms with Crippen LogP contribution in [0.25, 0.3) is 0 Å². The topological polar surface area (TPSA) is 38.3 Å². The van der Waals surface area contributed by atoms with Gasteiger partial charge in [0.2, 0.25) is 0 Å². The SMILES string of the molecule is CCCCS(=O)Cc1cc(CNC)ccc1OC. The highest BCUT2D eigenvalue weighted by Gasteiger charge is 2.08. The highest BCUT2D eigenvalue weighted by Crippen LogP contribution is 2.21. The molecular weight excluding hydrogens is 246 g/mol. The summed E-state index contributed by atoms with van der Waals surface area (Å²) < 4.78 is 17.3. The van der Waals surface area contributed by atoms with E-state index in [2.05, 4.69) is 18.3 Å². The van der Waals surface area contributed by atoms with E-state index in [-0.39, 0.29) is 0 Å². The van der Waals surface area contributed by atoms with Crippen LogP contribution in [0.5, 0.6) is 5.75 Å². The van der Waals surface area contributed by atoms with Crippen LogP contribution in [-0.4, -0.2) is 24.1 Å². The average Bonchev–Trinajstić information content (AvgIpc) is 2.37. The molecule has 0 radical (unpaired) electrons. The standard InChI is InChI=1S/C14H23NO2S/c1-4-5-8-18(16)11-13-9-12(10-15-2)6-7-14(13)17-3/h6-7,9,15H,4-5,8,10-11H2,1-3H3. The van der Waals surface area contributed by atoms with E-state index in [4.69, 9.17) is 4.74 Å². The van der Waals surface area contributed by atoms with Gasteiger partial charge in [0.05, 0.1) is 12.9 Å². The average molecular weight is 269 g/mol. The van der Waals surface area contributed by atoms with Gasteiger partial charge in [0.1, 0.15) is 5.75 Å². The molecule has 3 nitrogen and oxygen atoms in total. The van der Waals surface area contributed by atoms with Crippen molar-refractivity contribution in [2.75, 3.05) is 19.9 Å². The zero-order valence-corrected chi connectivity index (χ0v) is 12.3. The lowest BCUT2D eigenvalue weighted by Gasteiger charge is -2.10. The van der Waals surface area contributed by atoms with Crippen molar-refractivity contribution in [3.05, 3.63) is 29.3 Å². The summed E-state index contributed by atoms with van der Waals surface area (Å²) >= 11 is 0. The van der Waals surface area contributed by atoms with Gasteiger partial charge in [-0.15, -0.1) is 0 Å². The number of hydrogen-bond acceptors (Lipinski definition) is 3. The van der Waals surface area contributed by atoms with E-state index in [9.17, 15) is 4.21 Å². The first kappa shape index (κ1) is 15.2. The van der Waals surface area contributed by atoms with Crippen LogP contribution in [0.4, 0.5) is 0 Å². The second kappa shape index (κ2) is 8.27. The first-order valence-corrected chi connectivity index (χ1v) is 7.85. The minimum atomic E-state index is -0.795. The molecule has 0 amide bonds. The van der Waals surface area contributed by atoms with Gasteiger partial charge >= 0.3 is 0 Å². The molecule has 1 unspecified atom stereocenters. The number of methoxy groups -OCH3 is 1. The van der Waals surface area contributed by atoms with Crippen LogP contribution in [0, 0.1) is 0 Å². The maximum Gasteiger partial charge on any atom is 0.123 e. The number of hydrogen-bond donors (Lipinski definition) is 1. The Bertz CT molecular complexity index is 393. The Labute approximate surface area is 112 Å². The summed E-state index contributed by atoms with van der Waals surface area (Å²) in [5.74, 6) is 2.19. The fourth-order valence-electron chi connectivity index (χ4n) is 1.81. The molecular formula is C14H23NO2S. The van der Waals surface area contributed by atoms with E-state index < -0.39 is 10.8 Å². The predicted octanol–water partition coefficient (Wildman–Crippen LogP) is 2.46. The zero-order chi connectivity index (χ0) is 13.4. The van der Waals surface area contributed by atoms with Crippen LogP contribution in [-0.2, 0) is 23.1 Å². The summed E-state index contributed by atoms with van der Waals surface area (Å²) in [6.45, 7) is 2.93. The fraction of sp³-hybridized carbons (Fsp3) is 0.571. The molecule has 0 aliphatic rings. The van der Waals surface area contributed by atoms with Crippen LogP contribution in [0.1, 0.15) is 30.9 Å². The van der Waals surface area contributed by atoms with Gasteiger partial charge in [-0.25, -0.2) is 0 Å². The molecule has 0 aliphatic carbocycles. The Kier molecular flexibility index (Phi) is 6.98. The van der Waals surface area contributed by atoms with Crippen molar-refractivity contribution in [1.29, 1.82) is 0 Å². The molecule has 0 spiro atoms. The second-order valence-corrected chi connectivity index (χ2v) is 5.89. The normalized spacial score (nSPS) is 12.4. The first-order chi connectivity index (χ1) is 8.71. The van der Waals surface area contributed by atoms with Crippen molar-refractivity contribution >= 4 is 10.8 Å². The molecule has 4 heteroatoms. The molecule has 0 fully saturated rings. The Hall–Kier alpha value is -0.870. The van der Waals surface area contributed by atoms with E-state index in [1.54, 1.807) is 7.11 Å². The highest BCUT2D eigenvalue weighted by molar-refractivity contribution is 7.84. The Balaban J connectivity index is 2.77. The predicted molar refractivity (Wildman–Crippen MR) is 77.4 cm³/mol. The van der Waals surface area contributed by atoms with Gasteiger partial charge in [0.15, 0.2) is 0 Å². The van der Waals surface area contributed by atoms with Gasteiger partial charge in [-0.05, 0) is 31.2 Å². The van der Waals surface area contributed by atoms with Gasteiger partial charge < -0.3 is 10.1 Å². The van der Waals surface area contributed by atoms with Crippen molar-refractivity contribution in [1.82, 2.24) is 5.32 Å². The molecule has 0 saturated heterocycles. The molecule has 102 valence electrons. The van der Waals surface area contributed by atoms with Crippen molar-refractivity contribution < 1.29 is 8.95 Å². The molecule has 0 bridgehead atoms. The number of unbranched alkanes of at least 4 members (excludes halogenated alkanes) is 1. The van der Waals surface area contributed by atoms with Gasteiger partial charge in [0.25, 0.3) is 0 Å². The summed E-state index contributed by atoms with van der Waals surface area (Å²) in [6.07, 6.45) is 2.10. The number of nitrogens with one attached hydrogen (secondary N) is 1. The van der Waals surface area contributed by atoms with E-state index in [1.807, 2.05) is 19.2 Å². The van der Waals surface area contributed by atoms with Gasteiger partial charge in [0, 0.05) is 28.7 Å². The third kappa shape index (κ3) is 4.78. The molecule has 0 aromatic heterocycles. The van der Waals surface area contributed by atoms with E-state index in [0.717, 1.165) is 36.5 Å². The second-order valence-electron chi connectivity index (χ2n) is 4.32. The van der Waals surface area contributed by atoms with Gasteiger partial charge in [-0.1, -0.05) is 19.4 Å². The summed E-state index contributed by atoms with van der Waals surface area (Å²) in [5, 5.41) is 3.12. The van der Waals surface area contributed by atoms with Gasteiger partial charge in [-0.2, -0.15) is 0 Å². The first-order valence-electron chi connectivity index (χ1n) is 6.36. The third-order valence-corrected chi connectivity index (χ3v) is 4.14. The minimum Gasteiger partial charge on any atom is -0.496 e. The van der Waals surface area contributed by atoms with Crippen LogP contribution in [0.3, 0.4) is 0 Å². The number of benzene rings is 1. The van der Waals surface area contributed by atoms with Crippen molar-refractivity contribution in [2.24, 2.45) is 0 Å². The quantitative estimate of drug-likeness (QED) is 0.788. The summed E-state index contributed by atoms with van der Waals surface area (Å²) in [4.78, 5) is 0. The molecule has 1 atom stereocenters. The van der Waals surface area contributed by atoms with Crippen molar-refractivity contribution in [3.63, 3.8) is 0 Å². The molecule has 1 aromatic rings.